The molecule has 0 aliphatic heterocycles. The molecule has 2 rings (SSSR count). The van der Waals surface area contributed by atoms with Gasteiger partial charge in [0.2, 0.25) is 0 Å². The molecule has 0 aliphatic rings. The fraction of sp³-hybridized carbons (Fsp3) is 0.200. The topological polar surface area (TPSA) is 66.4 Å². The third-order valence-corrected chi connectivity index (χ3v) is 4.61. The van der Waals surface area contributed by atoms with Crippen LogP contribution in [0.15, 0.2) is 47.4 Å². The second-order valence-corrected chi connectivity index (χ2v) is 6.46. The smallest absolute Gasteiger partial charge is 0.262 e. The van der Waals surface area contributed by atoms with Gasteiger partial charge in [-0.05, 0) is 49.2 Å². The first-order valence-corrected chi connectivity index (χ1v) is 7.85. The number of benzene rings is 2. The summed E-state index contributed by atoms with van der Waals surface area (Å²) in [4.78, 5) is -0.0953. The first-order valence-electron chi connectivity index (χ1n) is 6.36. The van der Waals surface area contributed by atoms with Crippen molar-refractivity contribution in [2.24, 2.45) is 0 Å². The highest BCUT2D eigenvalue weighted by molar-refractivity contribution is 7.92. The van der Waals surface area contributed by atoms with Gasteiger partial charge in [0, 0.05) is 5.69 Å². The maximum absolute atomic E-state index is 13.2. The number of aliphatic hydroxyl groups excluding tert-OH is 1. The van der Waals surface area contributed by atoms with E-state index in [0.717, 1.165) is 6.07 Å². The molecular weight excluding hydrogens is 293 g/mol. The first-order chi connectivity index (χ1) is 9.79. The molecule has 0 amide bonds. The number of nitrogens with one attached hydrogen (secondary N) is 1. The summed E-state index contributed by atoms with van der Waals surface area (Å²) in [5.74, 6) is -0.606. The molecule has 112 valence electrons. The SMILES string of the molecule is Cc1ccc(F)cc1S(=O)(=O)Nc1ccc(C(C)O)cc1. The molecule has 2 aromatic carbocycles. The second kappa shape index (κ2) is 5.83. The molecule has 4 nitrogen and oxygen atoms in total. The van der Waals surface area contributed by atoms with Gasteiger partial charge in [-0.15, -0.1) is 0 Å². The van der Waals surface area contributed by atoms with Crippen molar-refractivity contribution >= 4 is 15.7 Å². The van der Waals surface area contributed by atoms with Gasteiger partial charge in [-0.25, -0.2) is 12.8 Å². The van der Waals surface area contributed by atoms with Crippen molar-refractivity contribution in [2.75, 3.05) is 4.72 Å². The van der Waals surface area contributed by atoms with Crippen LogP contribution >= 0.6 is 0 Å². The molecule has 21 heavy (non-hydrogen) atoms. The second-order valence-electron chi connectivity index (χ2n) is 4.81. The number of halogens is 1. The largest absolute Gasteiger partial charge is 0.389 e. The molecule has 1 unspecified atom stereocenters. The quantitative estimate of drug-likeness (QED) is 0.912. The zero-order chi connectivity index (χ0) is 15.6. The molecule has 0 aromatic heterocycles. The molecule has 0 saturated heterocycles. The Hall–Kier alpha value is -1.92. The number of sulfonamides is 1. The van der Waals surface area contributed by atoms with E-state index in [9.17, 15) is 17.9 Å². The average molecular weight is 309 g/mol. The summed E-state index contributed by atoms with van der Waals surface area (Å²) >= 11 is 0. The predicted octanol–water partition coefficient (Wildman–Crippen LogP) is 2.99. The van der Waals surface area contributed by atoms with Crippen LogP contribution in [0.2, 0.25) is 0 Å². The molecule has 1 atom stereocenters. The predicted molar refractivity (Wildman–Crippen MR) is 79.0 cm³/mol. The minimum atomic E-state index is -3.85. The molecule has 2 N–H and O–H groups in total. The van der Waals surface area contributed by atoms with E-state index in [-0.39, 0.29) is 4.90 Å². The van der Waals surface area contributed by atoms with Crippen LogP contribution in [0.25, 0.3) is 0 Å². The number of anilines is 1. The minimum absolute atomic E-state index is 0.0953. The fourth-order valence-electron chi connectivity index (χ4n) is 1.90. The van der Waals surface area contributed by atoms with E-state index >= 15 is 0 Å². The number of aryl methyl sites for hydroxylation is 1. The summed E-state index contributed by atoms with van der Waals surface area (Å²) in [5.41, 5.74) is 1.49. The summed E-state index contributed by atoms with van der Waals surface area (Å²) in [7, 11) is -3.85. The van der Waals surface area contributed by atoms with E-state index in [1.807, 2.05) is 0 Å². The summed E-state index contributed by atoms with van der Waals surface area (Å²) in [6.45, 7) is 3.22. The maximum Gasteiger partial charge on any atom is 0.262 e. The van der Waals surface area contributed by atoms with E-state index in [4.69, 9.17) is 0 Å². The van der Waals surface area contributed by atoms with Crippen LogP contribution < -0.4 is 4.72 Å². The van der Waals surface area contributed by atoms with Crippen LogP contribution in [0, 0.1) is 12.7 Å². The highest BCUT2D eigenvalue weighted by atomic mass is 32.2. The van der Waals surface area contributed by atoms with E-state index in [0.29, 0.717) is 16.8 Å². The van der Waals surface area contributed by atoms with Gasteiger partial charge in [0.1, 0.15) is 5.82 Å². The van der Waals surface area contributed by atoms with Crippen LogP contribution in [0.3, 0.4) is 0 Å². The Morgan fingerprint density at radius 2 is 1.76 bits per heavy atom. The zero-order valence-electron chi connectivity index (χ0n) is 11.7. The third kappa shape index (κ3) is 3.59. The van der Waals surface area contributed by atoms with E-state index in [1.165, 1.54) is 12.1 Å². The van der Waals surface area contributed by atoms with Gasteiger partial charge in [-0.2, -0.15) is 0 Å². The molecular formula is C15H16FNO3S. The van der Waals surface area contributed by atoms with Crippen LogP contribution in [-0.4, -0.2) is 13.5 Å². The van der Waals surface area contributed by atoms with E-state index in [1.54, 1.807) is 38.1 Å². The minimum Gasteiger partial charge on any atom is -0.389 e. The number of rotatable bonds is 4. The van der Waals surface area contributed by atoms with Gasteiger partial charge in [0.15, 0.2) is 0 Å². The van der Waals surface area contributed by atoms with E-state index < -0.39 is 21.9 Å². The van der Waals surface area contributed by atoms with Crippen LogP contribution in [-0.2, 0) is 10.0 Å². The molecule has 0 spiro atoms. The molecule has 0 radical (unpaired) electrons. The Labute approximate surface area is 123 Å². The van der Waals surface area contributed by atoms with Crippen molar-refractivity contribution < 1.29 is 17.9 Å². The summed E-state index contributed by atoms with van der Waals surface area (Å²) in [5, 5.41) is 9.41. The number of aliphatic hydroxyl groups is 1. The lowest BCUT2D eigenvalue weighted by Crippen LogP contribution is -2.14. The lowest BCUT2D eigenvalue weighted by molar-refractivity contribution is 0.199. The van der Waals surface area contributed by atoms with Crippen molar-refractivity contribution in [3.8, 4) is 0 Å². The Bertz CT molecular complexity index is 740. The summed E-state index contributed by atoms with van der Waals surface area (Å²) in [6.07, 6.45) is -0.624. The molecule has 0 saturated carbocycles. The van der Waals surface area contributed by atoms with Gasteiger partial charge in [-0.1, -0.05) is 18.2 Å². The number of hydrogen-bond acceptors (Lipinski definition) is 3. The highest BCUT2D eigenvalue weighted by Crippen LogP contribution is 2.21. The Kier molecular flexibility index (Phi) is 4.29. The van der Waals surface area contributed by atoms with E-state index in [2.05, 4.69) is 4.72 Å². The monoisotopic (exact) mass is 309 g/mol. The van der Waals surface area contributed by atoms with Crippen molar-refractivity contribution in [3.05, 3.63) is 59.4 Å². The van der Waals surface area contributed by atoms with Crippen molar-refractivity contribution in [3.63, 3.8) is 0 Å². The molecule has 6 heteroatoms. The molecule has 2 aromatic rings. The van der Waals surface area contributed by atoms with Crippen LogP contribution in [0.4, 0.5) is 10.1 Å². The molecule has 0 bridgehead atoms. The van der Waals surface area contributed by atoms with Crippen molar-refractivity contribution in [1.29, 1.82) is 0 Å². The third-order valence-electron chi connectivity index (χ3n) is 3.09. The van der Waals surface area contributed by atoms with Gasteiger partial charge in [0.05, 0.1) is 11.0 Å². The summed E-state index contributed by atoms with van der Waals surface area (Å²) in [6, 6.07) is 9.97. The van der Waals surface area contributed by atoms with Crippen molar-refractivity contribution in [1.82, 2.24) is 0 Å². The zero-order valence-corrected chi connectivity index (χ0v) is 12.5. The van der Waals surface area contributed by atoms with Gasteiger partial charge in [-0.3, -0.25) is 4.72 Å². The Morgan fingerprint density at radius 1 is 1.14 bits per heavy atom. The average Bonchev–Trinajstić information content (AvgIpc) is 2.41. The van der Waals surface area contributed by atoms with Crippen LogP contribution in [0.5, 0.6) is 0 Å². The maximum atomic E-state index is 13.2. The van der Waals surface area contributed by atoms with Gasteiger partial charge in [0.25, 0.3) is 10.0 Å². The highest BCUT2D eigenvalue weighted by Gasteiger charge is 2.17. The van der Waals surface area contributed by atoms with Gasteiger partial charge < -0.3 is 5.11 Å². The van der Waals surface area contributed by atoms with Crippen LogP contribution in [0.1, 0.15) is 24.2 Å². The molecule has 0 fully saturated rings. The Morgan fingerprint density at radius 3 is 2.33 bits per heavy atom. The van der Waals surface area contributed by atoms with Crippen molar-refractivity contribution in [2.45, 2.75) is 24.8 Å². The molecule has 0 heterocycles. The standard InChI is InChI=1S/C15H16FNO3S/c1-10-3-6-13(16)9-15(10)21(19,20)17-14-7-4-12(5-8-14)11(2)18/h3-9,11,17-18H,1-2H3. The molecule has 0 aliphatic carbocycles. The summed E-state index contributed by atoms with van der Waals surface area (Å²) < 4.78 is 40.2. The normalized spacial score (nSPS) is 13.0. The first kappa shape index (κ1) is 15.5. The fourth-order valence-corrected chi connectivity index (χ4v) is 3.22. The Balaban J connectivity index is 2.31. The van der Waals surface area contributed by atoms with Gasteiger partial charge >= 0.3 is 0 Å². The number of hydrogen-bond donors (Lipinski definition) is 2. The lowest BCUT2D eigenvalue weighted by atomic mass is 10.1. The lowest BCUT2D eigenvalue weighted by Gasteiger charge is -2.11.